The Labute approximate surface area is 152 Å². The molecule has 0 fully saturated rings. The predicted octanol–water partition coefficient (Wildman–Crippen LogP) is 5.31. The third-order valence-corrected chi connectivity index (χ3v) is 4.28. The molecule has 3 heteroatoms. The maximum Gasteiger partial charge on any atom is 0.223 e. The summed E-state index contributed by atoms with van der Waals surface area (Å²) in [5, 5.41) is 0. The summed E-state index contributed by atoms with van der Waals surface area (Å²) in [6.07, 6.45) is 4.16. The van der Waals surface area contributed by atoms with Crippen molar-refractivity contribution in [2.75, 3.05) is 6.54 Å². The molecule has 0 bridgehead atoms. The van der Waals surface area contributed by atoms with Crippen molar-refractivity contribution >= 4 is 5.91 Å². The SMILES string of the molecule is C[C@@H](CC(=O)N(CCc1ccccc1)Cc1ccco1)CC(C)(C)C. The van der Waals surface area contributed by atoms with Crippen molar-refractivity contribution in [3.05, 3.63) is 60.1 Å². The van der Waals surface area contributed by atoms with Crippen molar-refractivity contribution < 1.29 is 9.21 Å². The molecule has 0 saturated heterocycles. The third-order valence-electron chi connectivity index (χ3n) is 4.28. The van der Waals surface area contributed by atoms with E-state index in [9.17, 15) is 4.79 Å². The highest BCUT2D eigenvalue weighted by Gasteiger charge is 2.21. The Kier molecular flexibility index (Phi) is 6.86. The quantitative estimate of drug-likeness (QED) is 0.651. The second-order valence-corrected chi connectivity index (χ2v) is 8.20. The van der Waals surface area contributed by atoms with Crippen LogP contribution in [0.2, 0.25) is 0 Å². The van der Waals surface area contributed by atoms with Crippen molar-refractivity contribution in [1.82, 2.24) is 4.90 Å². The van der Waals surface area contributed by atoms with E-state index < -0.39 is 0 Å². The number of benzene rings is 1. The molecule has 0 saturated carbocycles. The normalized spacial score (nSPS) is 12.8. The van der Waals surface area contributed by atoms with Crippen LogP contribution in [0.3, 0.4) is 0 Å². The van der Waals surface area contributed by atoms with Crippen LogP contribution in [0.25, 0.3) is 0 Å². The number of hydrogen-bond donors (Lipinski definition) is 0. The highest BCUT2D eigenvalue weighted by molar-refractivity contribution is 5.76. The molecule has 1 amide bonds. The molecule has 0 unspecified atom stereocenters. The van der Waals surface area contributed by atoms with E-state index in [2.05, 4.69) is 39.8 Å². The molecule has 136 valence electrons. The second kappa shape index (κ2) is 8.89. The van der Waals surface area contributed by atoms with Crippen LogP contribution in [-0.4, -0.2) is 17.4 Å². The summed E-state index contributed by atoms with van der Waals surface area (Å²) in [5.74, 6) is 1.43. The van der Waals surface area contributed by atoms with Crippen LogP contribution in [0.4, 0.5) is 0 Å². The molecule has 0 aliphatic rings. The van der Waals surface area contributed by atoms with Crippen LogP contribution >= 0.6 is 0 Å². The summed E-state index contributed by atoms with van der Waals surface area (Å²) in [4.78, 5) is 14.8. The van der Waals surface area contributed by atoms with Gasteiger partial charge in [-0.25, -0.2) is 0 Å². The third kappa shape index (κ3) is 7.16. The van der Waals surface area contributed by atoms with Crippen molar-refractivity contribution in [1.29, 1.82) is 0 Å². The molecule has 0 N–H and O–H groups in total. The molecular formula is C22H31NO2. The molecule has 0 aliphatic heterocycles. The van der Waals surface area contributed by atoms with Gasteiger partial charge in [-0.2, -0.15) is 0 Å². The van der Waals surface area contributed by atoms with Crippen molar-refractivity contribution in [3.63, 3.8) is 0 Å². The number of hydrogen-bond acceptors (Lipinski definition) is 2. The first-order valence-electron chi connectivity index (χ1n) is 9.17. The minimum atomic E-state index is 0.212. The molecule has 0 spiro atoms. The van der Waals surface area contributed by atoms with E-state index in [0.717, 1.165) is 18.6 Å². The molecule has 0 radical (unpaired) electrons. The summed E-state index contributed by atoms with van der Waals surface area (Å²) < 4.78 is 5.46. The summed E-state index contributed by atoms with van der Waals surface area (Å²) in [7, 11) is 0. The Hall–Kier alpha value is -2.03. The average molecular weight is 341 g/mol. The predicted molar refractivity (Wildman–Crippen MR) is 102 cm³/mol. The van der Waals surface area contributed by atoms with E-state index in [1.165, 1.54) is 5.56 Å². The van der Waals surface area contributed by atoms with Crippen LogP contribution in [-0.2, 0) is 17.8 Å². The van der Waals surface area contributed by atoms with Crippen LogP contribution < -0.4 is 0 Å². The zero-order valence-electron chi connectivity index (χ0n) is 16.0. The summed E-state index contributed by atoms with van der Waals surface area (Å²) >= 11 is 0. The minimum Gasteiger partial charge on any atom is -0.467 e. The van der Waals surface area contributed by atoms with Gasteiger partial charge in [0.2, 0.25) is 5.91 Å². The average Bonchev–Trinajstić information content (AvgIpc) is 3.03. The Morgan fingerprint density at radius 2 is 1.84 bits per heavy atom. The number of amides is 1. The van der Waals surface area contributed by atoms with Crippen molar-refractivity contribution in [2.45, 2.75) is 53.5 Å². The smallest absolute Gasteiger partial charge is 0.223 e. The molecule has 2 rings (SSSR count). The number of carbonyl (C=O) groups excluding carboxylic acids is 1. The zero-order valence-corrected chi connectivity index (χ0v) is 16.0. The van der Waals surface area contributed by atoms with Gasteiger partial charge >= 0.3 is 0 Å². The van der Waals surface area contributed by atoms with Crippen molar-refractivity contribution in [2.24, 2.45) is 11.3 Å². The molecule has 1 atom stereocenters. The topological polar surface area (TPSA) is 33.5 Å². The molecule has 0 aliphatic carbocycles. The number of carbonyl (C=O) groups is 1. The number of furan rings is 1. The molecule has 1 heterocycles. The first kappa shape index (κ1) is 19.3. The van der Waals surface area contributed by atoms with E-state index >= 15 is 0 Å². The summed E-state index contributed by atoms with van der Waals surface area (Å²) in [5.41, 5.74) is 1.50. The largest absolute Gasteiger partial charge is 0.467 e. The van der Waals surface area contributed by atoms with Crippen LogP contribution in [0.15, 0.2) is 53.1 Å². The monoisotopic (exact) mass is 341 g/mol. The molecule has 2 aromatic rings. The molecule has 25 heavy (non-hydrogen) atoms. The van der Waals surface area contributed by atoms with Gasteiger partial charge in [-0.1, -0.05) is 58.0 Å². The fourth-order valence-corrected chi connectivity index (χ4v) is 3.34. The first-order chi connectivity index (χ1) is 11.8. The molecule has 1 aromatic heterocycles. The maximum absolute atomic E-state index is 12.9. The van der Waals surface area contributed by atoms with E-state index in [4.69, 9.17) is 4.42 Å². The van der Waals surface area contributed by atoms with Gasteiger partial charge in [-0.3, -0.25) is 4.79 Å². The van der Waals surface area contributed by atoms with Crippen LogP contribution in [0.1, 0.15) is 51.9 Å². The lowest BCUT2D eigenvalue weighted by atomic mass is 9.84. The number of nitrogens with zero attached hydrogens (tertiary/aromatic N) is 1. The minimum absolute atomic E-state index is 0.212. The van der Waals surface area contributed by atoms with Crippen LogP contribution in [0.5, 0.6) is 0 Å². The molecular weight excluding hydrogens is 310 g/mol. The van der Waals surface area contributed by atoms with Gasteiger partial charge in [0.05, 0.1) is 12.8 Å². The van der Waals surface area contributed by atoms with Gasteiger partial charge in [0, 0.05) is 13.0 Å². The fourth-order valence-electron chi connectivity index (χ4n) is 3.34. The molecule has 1 aromatic carbocycles. The van der Waals surface area contributed by atoms with Crippen LogP contribution in [0, 0.1) is 11.3 Å². The highest BCUT2D eigenvalue weighted by atomic mass is 16.3. The van der Waals surface area contributed by atoms with E-state index in [-0.39, 0.29) is 11.3 Å². The summed E-state index contributed by atoms with van der Waals surface area (Å²) in [6, 6.07) is 14.1. The van der Waals surface area contributed by atoms with Gasteiger partial charge in [0.25, 0.3) is 0 Å². The van der Waals surface area contributed by atoms with Crippen molar-refractivity contribution in [3.8, 4) is 0 Å². The second-order valence-electron chi connectivity index (χ2n) is 8.20. The Morgan fingerprint density at radius 1 is 1.12 bits per heavy atom. The zero-order chi connectivity index (χ0) is 18.3. The van der Waals surface area contributed by atoms with Gasteiger partial charge in [-0.05, 0) is 41.9 Å². The summed E-state index contributed by atoms with van der Waals surface area (Å²) in [6.45, 7) is 10.1. The first-order valence-corrected chi connectivity index (χ1v) is 9.17. The molecule has 3 nitrogen and oxygen atoms in total. The fraction of sp³-hybridized carbons (Fsp3) is 0.500. The van der Waals surface area contributed by atoms with Gasteiger partial charge in [-0.15, -0.1) is 0 Å². The van der Waals surface area contributed by atoms with Gasteiger partial charge < -0.3 is 9.32 Å². The Bertz CT molecular complexity index is 626. The maximum atomic E-state index is 12.9. The Morgan fingerprint density at radius 3 is 2.44 bits per heavy atom. The number of rotatable bonds is 8. The van der Waals surface area contributed by atoms with E-state index in [0.29, 0.717) is 25.4 Å². The lowest BCUT2D eigenvalue weighted by Crippen LogP contribution is -2.33. The van der Waals surface area contributed by atoms with E-state index in [1.807, 2.05) is 35.2 Å². The highest BCUT2D eigenvalue weighted by Crippen LogP contribution is 2.26. The lowest BCUT2D eigenvalue weighted by molar-refractivity contribution is -0.133. The van der Waals surface area contributed by atoms with Gasteiger partial charge in [0.1, 0.15) is 5.76 Å². The van der Waals surface area contributed by atoms with E-state index in [1.54, 1.807) is 6.26 Å². The van der Waals surface area contributed by atoms with Gasteiger partial charge in [0.15, 0.2) is 0 Å². The standard InChI is InChI=1S/C22H31NO2/c1-18(16-22(2,3)4)15-21(24)23(17-20-11-8-14-25-20)13-12-19-9-6-5-7-10-19/h5-11,14,18H,12-13,15-17H2,1-4H3/t18-/m0/s1. The lowest BCUT2D eigenvalue weighted by Gasteiger charge is -2.26. The Balaban J connectivity index is 1.98.